The van der Waals surface area contributed by atoms with Crippen LogP contribution < -0.4 is 0 Å². The fraction of sp³-hybridized carbons (Fsp3) is 0.182. The van der Waals surface area contributed by atoms with Gasteiger partial charge in [-0.25, -0.2) is 0 Å². The van der Waals surface area contributed by atoms with Gasteiger partial charge in [-0.15, -0.1) is 0 Å². The van der Waals surface area contributed by atoms with Crippen LogP contribution in [-0.4, -0.2) is 16.1 Å². The molecule has 0 bridgehead atoms. The first kappa shape index (κ1) is 25.0. The van der Waals surface area contributed by atoms with Crippen LogP contribution in [0.25, 0.3) is 20.9 Å². The average molecular weight is 480 g/mol. The van der Waals surface area contributed by atoms with Gasteiger partial charge in [0.05, 0.1) is 13.2 Å². The van der Waals surface area contributed by atoms with E-state index in [1.807, 2.05) is 0 Å². The van der Waals surface area contributed by atoms with Crippen molar-refractivity contribution >= 4 is 19.0 Å². The van der Waals surface area contributed by atoms with Gasteiger partial charge in [-0.1, -0.05) is 89.1 Å². The van der Waals surface area contributed by atoms with Gasteiger partial charge < -0.3 is 19.3 Å². The highest BCUT2D eigenvalue weighted by atomic mass is 31.2. The van der Waals surface area contributed by atoms with Crippen molar-refractivity contribution in [1.82, 2.24) is 0 Å². The van der Waals surface area contributed by atoms with Crippen molar-refractivity contribution in [1.29, 1.82) is 0 Å². The third kappa shape index (κ3) is 6.23. The van der Waals surface area contributed by atoms with E-state index >= 15 is 0 Å². The van der Waals surface area contributed by atoms with Gasteiger partial charge >= 0.3 is 7.60 Å². The zero-order chi connectivity index (χ0) is 24.4. The highest BCUT2D eigenvalue weighted by molar-refractivity contribution is 7.54. The Morgan fingerprint density at radius 3 is 1.68 bits per heavy atom. The van der Waals surface area contributed by atoms with Crippen LogP contribution in [0.4, 0.5) is 11.4 Å². The summed E-state index contributed by atoms with van der Waals surface area (Å²) >= 11 is 0. The minimum absolute atomic E-state index is 0.253. The summed E-state index contributed by atoms with van der Waals surface area (Å²) in [5, 5.41) is 28.7. The van der Waals surface area contributed by atoms with E-state index in [-0.39, 0.29) is 24.6 Å². The molecule has 0 saturated carbocycles. The molecule has 0 amide bonds. The molecule has 0 fully saturated rings. The standard InChI is InChI=1S/C22H21N6O5P/c23-27-25-19-12-6-4-10-17(19)14-32-34(31,22(30)21(29)16-8-2-1-3-9-16)33-15-18-11-5-7-13-20(18)26-28-24/h1-13,21-22,29-30H,14-15H2/t21-,22+/m1/s1. The van der Waals surface area contributed by atoms with E-state index < -0.39 is 19.5 Å². The molecule has 2 atom stereocenters. The van der Waals surface area contributed by atoms with Crippen LogP contribution in [0.1, 0.15) is 22.8 Å². The molecule has 0 radical (unpaired) electrons. The molecule has 3 aromatic rings. The van der Waals surface area contributed by atoms with Crippen LogP contribution in [0, 0.1) is 0 Å². The molecule has 0 unspecified atom stereocenters. The van der Waals surface area contributed by atoms with Gasteiger partial charge in [-0.05, 0) is 27.8 Å². The van der Waals surface area contributed by atoms with E-state index in [2.05, 4.69) is 20.1 Å². The SMILES string of the molecule is [N-]=[N+]=Nc1ccccc1COP(=O)(OCc1ccccc1N=[N+]=[N-])[C@H](O)[C@H](O)c1ccccc1. The Morgan fingerprint density at radius 1 is 0.765 bits per heavy atom. The second-order valence-corrected chi connectivity index (χ2v) is 9.12. The van der Waals surface area contributed by atoms with E-state index in [1.54, 1.807) is 78.9 Å². The minimum atomic E-state index is -4.40. The van der Waals surface area contributed by atoms with Gasteiger partial charge in [0.15, 0.2) is 5.85 Å². The lowest BCUT2D eigenvalue weighted by atomic mass is 10.1. The molecule has 0 aliphatic rings. The fourth-order valence-corrected chi connectivity index (χ4v) is 4.60. The molecule has 174 valence electrons. The van der Waals surface area contributed by atoms with Crippen LogP contribution >= 0.6 is 7.60 Å². The summed E-state index contributed by atoms with van der Waals surface area (Å²) in [6, 6.07) is 21.1. The highest BCUT2D eigenvalue weighted by Gasteiger charge is 2.41. The number of aliphatic hydroxyl groups excluding tert-OH is 2. The Kier molecular flexibility index (Phi) is 8.81. The second kappa shape index (κ2) is 12.0. The maximum absolute atomic E-state index is 13.8. The van der Waals surface area contributed by atoms with Crippen molar-refractivity contribution in [2.45, 2.75) is 25.2 Å². The molecule has 0 aromatic heterocycles. The summed E-state index contributed by atoms with van der Waals surface area (Å²) in [6.07, 6.45) is -1.58. The number of hydrogen-bond donors (Lipinski definition) is 2. The molecular weight excluding hydrogens is 459 g/mol. The van der Waals surface area contributed by atoms with Crippen molar-refractivity contribution in [3.05, 3.63) is 116 Å². The number of rotatable bonds is 11. The van der Waals surface area contributed by atoms with Crippen LogP contribution in [0.15, 0.2) is 89.1 Å². The molecule has 11 nitrogen and oxygen atoms in total. The molecule has 0 aliphatic heterocycles. The van der Waals surface area contributed by atoms with Crippen molar-refractivity contribution in [2.24, 2.45) is 10.2 Å². The number of azide groups is 2. The lowest BCUT2D eigenvalue weighted by molar-refractivity contribution is 0.0360. The quantitative estimate of drug-likeness (QED) is 0.137. The Bertz CT molecular complexity index is 1190. The highest BCUT2D eigenvalue weighted by Crippen LogP contribution is 2.57. The molecular formula is C22H21N6O5P. The summed E-state index contributed by atoms with van der Waals surface area (Å²) < 4.78 is 24.9. The topological polar surface area (TPSA) is 174 Å². The van der Waals surface area contributed by atoms with Crippen molar-refractivity contribution < 1.29 is 23.8 Å². The zero-order valence-electron chi connectivity index (χ0n) is 17.8. The first-order valence-electron chi connectivity index (χ1n) is 10.0. The number of benzene rings is 3. The molecule has 0 saturated heterocycles. The lowest BCUT2D eigenvalue weighted by Crippen LogP contribution is -2.21. The first-order chi connectivity index (χ1) is 16.5. The molecule has 3 rings (SSSR count). The Balaban J connectivity index is 1.90. The summed E-state index contributed by atoms with van der Waals surface area (Å²) in [7, 11) is -4.40. The van der Waals surface area contributed by atoms with Gasteiger partial charge in [0.25, 0.3) is 0 Å². The third-order valence-electron chi connectivity index (χ3n) is 4.84. The van der Waals surface area contributed by atoms with Crippen LogP contribution in [0.3, 0.4) is 0 Å². The van der Waals surface area contributed by atoms with Gasteiger partial charge in [0.2, 0.25) is 0 Å². The number of nitrogens with zero attached hydrogens (tertiary/aromatic N) is 6. The maximum Gasteiger partial charge on any atom is 0.362 e. The average Bonchev–Trinajstić information content (AvgIpc) is 2.87. The van der Waals surface area contributed by atoms with Crippen molar-refractivity contribution in [3.63, 3.8) is 0 Å². The predicted octanol–water partition coefficient (Wildman–Crippen LogP) is 6.55. The van der Waals surface area contributed by atoms with Crippen molar-refractivity contribution in [2.75, 3.05) is 0 Å². The van der Waals surface area contributed by atoms with Gasteiger partial charge in [0.1, 0.15) is 6.10 Å². The normalized spacial score (nSPS) is 14.2. The van der Waals surface area contributed by atoms with E-state index in [4.69, 9.17) is 20.1 Å². The Labute approximate surface area is 195 Å². The number of hydrogen-bond acceptors (Lipinski definition) is 7. The van der Waals surface area contributed by atoms with E-state index in [1.165, 1.54) is 0 Å². The predicted molar refractivity (Wildman–Crippen MR) is 125 cm³/mol. The smallest absolute Gasteiger partial charge is 0.362 e. The van der Waals surface area contributed by atoms with E-state index in [0.717, 1.165) is 0 Å². The molecule has 0 aliphatic carbocycles. The van der Waals surface area contributed by atoms with E-state index in [0.29, 0.717) is 16.7 Å². The Morgan fingerprint density at radius 2 is 1.21 bits per heavy atom. The van der Waals surface area contributed by atoms with Crippen LogP contribution in [0.5, 0.6) is 0 Å². The molecule has 12 heteroatoms. The molecule has 0 spiro atoms. The van der Waals surface area contributed by atoms with Crippen LogP contribution in [0.2, 0.25) is 0 Å². The first-order valence-corrected chi connectivity index (χ1v) is 11.7. The Hall–Kier alpha value is -3.65. The fourth-order valence-electron chi connectivity index (χ4n) is 3.06. The molecule has 3 aromatic carbocycles. The van der Waals surface area contributed by atoms with Gasteiger partial charge in [0, 0.05) is 21.2 Å². The summed E-state index contributed by atoms with van der Waals surface area (Å²) in [4.78, 5) is 5.51. The summed E-state index contributed by atoms with van der Waals surface area (Å²) in [6.45, 7) is -0.661. The molecule has 2 N–H and O–H groups in total. The molecule has 34 heavy (non-hydrogen) atoms. The largest absolute Gasteiger partial charge is 0.385 e. The lowest BCUT2D eigenvalue weighted by Gasteiger charge is -2.27. The van der Waals surface area contributed by atoms with Gasteiger partial charge in [-0.2, -0.15) is 0 Å². The monoisotopic (exact) mass is 480 g/mol. The minimum Gasteiger partial charge on any atom is -0.385 e. The van der Waals surface area contributed by atoms with Crippen LogP contribution in [-0.2, 0) is 26.8 Å². The number of aliphatic hydroxyl groups is 2. The zero-order valence-corrected chi connectivity index (χ0v) is 18.7. The summed E-state index contributed by atoms with van der Waals surface area (Å²) in [5.41, 5.74) is 19.2. The van der Waals surface area contributed by atoms with E-state index in [9.17, 15) is 14.8 Å². The third-order valence-corrected chi connectivity index (χ3v) is 6.74. The second-order valence-electron chi connectivity index (χ2n) is 6.99. The van der Waals surface area contributed by atoms with Gasteiger partial charge in [-0.3, -0.25) is 4.57 Å². The molecule has 0 heterocycles. The maximum atomic E-state index is 13.8. The summed E-state index contributed by atoms with van der Waals surface area (Å²) in [5.74, 6) is -1.94. The van der Waals surface area contributed by atoms with Crippen molar-refractivity contribution in [3.8, 4) is 0 Å².